The molecule has 0 radical (unpaired) electrons. The standard InChI is InChI=1S/C13H24N2O3/c1-2-14(9-6-10-16)13(18)11-15-8-5-3-4-7-12(15)17/h16H,2-11H2,1H3. The third kappa shape index (κ3) is 4.64. The Balaban J connectivity index is 2.47. The van der Waals surface area contributed by atoms with Crippen LogP contribution in [0.15, 0.2) is 0 Å². The molecule has 5 heteroatoms. The summed E-state index contributed by atoms with van der Waals surface area (Å²) in [4.78, 5) is 27.2. The number of hydrogen-bond acceptors (Lipinski definition) is 3. The molecule has 0 bridgehead atoms. The molecule has 0 aromatic heterocycles. The molecule has 1 aliphatic rings. The maximum absolute atomic E-state index is 12.1. The molecular weight excluding hydrogens is 232 g/mol. The minimum absolute atomic E-state index is 0.0128. The minimum atomic E-state index is -0.0128. The van der Waals surface area contributed by atoms with E-state index in [4.69, 9.17) is 5.11 Å². The van der Waals surface area contributed by atoms with Crippen LogP contribution in [0.25, 0.3) is 0 Å². The number of carbonyl (C=O) groups is 2. The predicted octanol–water partition coefficient (Wildman–Crippen LogP) is 0.620. The van der Waals surface area contributed by atoms with Crippen LogP contribution >= 0.6 is 0 Å². The van der Waals surface area contributed by atoms with Gasteiger partial charge in [-0.2, -0.15) is 0 Å². The van der Waals surface area contributed by atoms with Crippen molar-refractivity contribution >= 4 is 11.8 Å². The second-order valence-electron chi connectivity index (χ2n) is 4.68. The number of rotatable bonds is 6. The number of hydrogen-bond donors (Lipinski definition) is 1. The van der Waals surface area contributed by atoms with E-state index < -0.39 is 0 Å². The average Bonchev–Trinajstić information content (AvgIpc) is 2.56. The lowest BCUT2D eigenvalue weighted by Crippen LogP contribution is -2.43. The quantitative estimate of drug-likeness (QED) is 0.758. The fourth-order valence-electron chi connectivity index (χ4n) is 2.19. The third-order valence-corrected chi connectivity index (χ3v) is 3.32. The number of amides is 2. The summed E-state index contributed by atoms with van der Waals surface area (Å²) in [5.74, 6) is 0.0836. The van der Waals surface area contributed by atoms with Crippen LogP contribution in [0, 0.1) is 0 Å². The summed E-state index contributed by atoms with van der Waals surface area (Å²) in [6.45, 7) is 4.08. The van der Waals surface area contributed by atoms with Crippen LogP contribution in [0.2, 0.25) is 0 Å². The van der Waals surface area contributed by atoms with Crippen molar-refractivity contribution in [3.8, 4) is 0 Å². The number of nitrogens with zero attached hydrogens (tertiary/aromatic N) is 2. The van der Waals surface area contributed by atoms with Gasteiger partial charge in [0.2, 0.25) is 11.8 Å². The van der Waals surface area contributed by atoms with Crippen molar-refractivity contribution < 1.29 is 14.7 Å². The molecule has 0 unspecified atom stereocenters. The van der Waals surface area contributed by atoms with Crippen LogP contribution in [0.4, 0.5) is 0 Å². The van der Waals surface area contributed by atoms with Crippen molar-refractivity contribution in [1.29, 1.82) is 0 Å². The van der Waals surface area contributed by atoms with Gasteiger partial charge >= 0.3 is 0 Å². The first-order chi connectivity index (χ1) is 8.69. The SMILES string of the molecule is CCN(CCCO)C(=O)CN1CCCCCC1=O. The Kier molecular flexibility index (Phi) is 6.72. The Hall–Kier alpha value is -1.10. The topological polar surface area (TPSA) is 60.9 Å². The molecule has 18 heavy (non-hydrogen) atoms. The van der Waals surface area contributed by atoms with Gasteiger partial charge in [0, 0.05) is 32.7 Å². The minimum Gasteiger partial charge on any atom is -0.396 e. The number of carbonyl (C=O) groups excluding carboxylic acids is 2. The van der Waals surface area contributed by atoms with Crippen LogP contribution in [0.3, 0.4) is 0 Å². The molecule has 1 saturated heterocycles. The van der Waals surface area contributed by atoms with Crippen molar-refractivity contribution in [3.05, 3.63) is 0 Å². The summed E-state index contributed by atoms with van der Waals surface area (Å²) in [7, 11) is 0. The molecular formula is C13H24N2O3. The van der Waals surface area contributed by atoms with Crippen molar-refractivity contribution in [1.82, 2.24) is 9.80 Å². The lowest BCUT2D eigenvalue weighted by atomic mass is 10.2. The number of likely N-dealkylation sites (N-methyl/N-ethyl adjacent to an activating group) is 1. The highest BCUT2D eigenvalue weighted by atomic mass is 16.3. The Bertz CT molecular complexity index is 281. The highest BCUT2D eigenvalue weighted by Crippen LogP contribution is 2.11. The van der Waals surface area contributed by atoms with E-state index in [1.807, 2.05) is 6.92 Å². The Morgan fingerprint density at radius 1 is 1.39 bits per heavy atom. The summed E-state index contributed by atoms with van der Waals surface area (Å²) >= 11 is 0. The summed E-state index contributed by atoms with van der Waals surface area (Å²) < 4.78 is 0. The average molecular weight is 256 g/mol. The van der Waals surface area contributed by atoms with Crippen LogP contribution in [-0.2, 0) is 9.59 Å². The van der Waals surface area contributed by atoms with Crippen molar-refractivity contribution in [2.24, 2.45) is 0 Å². The second kappa shape index (κ2) is 8.08. The van der Waals surface area contributed by atoms with E-state index in [-0.39, 0.29) is 25.0 Å². The fourth-order valence-corrected chi connectivity index (χ4v) is 2.19. The summed E-state index contributed by atoms with van der Waals surface area (Å²) in [6, 6.07) is 0. The highest BCUT2D eigenvalue weighted by Gasteiger charge is 2.21. The lowest BCUT2D eigenvalue weighted by Gasteiger charge is -2.25. The predicted molar refractivity (Wildman–Crippen MR) is 69.0 cm³/mol. The molecule has 1 N–H and O–H groups in total. The van der Waals surface area contributed by atoms with E-state index in [2.05, 4.69) is 0 Å². The van der Waals surface area contributed by atoms with Crippen molar-refractivity contribution in [2.75, 3.05) is 32.8 Å². The molecule has 104 valence electrons. The molecule has 0 saturated carbocycles. The van der Waals surface area contributed by atoms with Gasteiger partial charge in [0.05, 0.1) is 6.54 Å². The second-order valence-corrected chi connectivity index (χ2v) is 4.68. The van der Waals surface area contributed by atoms with E-state index in [1.165, 1.54) is 0 Å². The van der Waals surface area contributed by atoms with E-state index in [9.17, 15) is 9.59 Å². The van der Waals surface area contributed by atoms with E-state index >= 15 is 0 Å². The first-order valence-electron chi connectivity index (χ1n) is 6.85. The van der Waals surface area contributed by atoms with Gasteiger partial charge < -0.3 is 14.9 Å². The van der Waals surface area contributed by atoms with Gasteiger partial charge in [-0.05, 0) is 26.2 Å². The molecule has 0 aromatic rings. The maximum atomic E-state index is 12.1. The fraction of sp³-hybridized carbons (Fsp3) is 0.846. The van der Waals surface area contributed by atoms with Gasteiger partial charge in [-0.1, -0.05) is 6.42 Å². The first-order valence-corrected chi connectivity index (χ1v) is 6.85. The molecule has 1 rings (SSSR count). The Labute approximate surface area is 109 Å². The zero-order valence-corrected chi connectivity index (χ0v) is 11.2. The van der Waals surface area contributed by atoms with E-state index in [0.29, 0.717) is 32.5 Å². The molecule has 0 atom stereocenters. The molecule has 0 aliphatic carbocycles. The first kappa shape index (κ1) is 15.0. The molecule has 5 nitrogen and oxygen atoms in total. The van der Waals surface area contributed by atoms with Gasteiger partial charge in [0.1, 0.15) is 0 Å². The Morgan fingerprint density at radius 2 is 2.17 bits per heavy atom. The summed E-state index contributed by atoms with van der Waals surface area (Å²) in [5.41, 5.74) is 0. The molecule has 2 amide bonds. The van der Waals surface area contributed by atoms with Crippen LogP contribution in [0.5, 0.6) is 0 Å². The lowest BCUT2D eigenvalue weighted by molar-refractivity contribution is -0.140. The highest BCUT2D eigenvalue weighted by molar-refractivity contribution is 5.84. The van der Waals surface area contributed by atoms with Crippen LogP contribution < -0.4 is 0 Å². The van der Waals surface area contributed by atoms with Gasteiger partial charge in [-0.25, -0.2) is 0 Å². The van der Waals surface area contributed by atoms with Crippen molar-refractivity contribution in [2.45, 2.75) is 39.0 Å². The van der Waals surface area contributed by atoms with Gasteiger partial charge in [0.25, 0.3) is 0 Å². The number of aliphatic hydroxyl groups is 1. The molecule has 0 aromatic carbocycles. The normalized spacial score (nSPS) is 16.6. The van der Waals surface area contributed by atoms with Crippen LogP contribution in [0.1, 0.15) is 39.0 Å². The summed E-state index contributed by atoms with van der Waals surface area (Å²) in [5, 5.41) is 8.79. The zero-order valence-electron chi connectivity index (χ0n) is 11.2. The Morgan fingerprint density at radius 3 is 2.83 bits per heavy atom. The monoisotopic (exact) mass is 256 g/mol. The zero-order chi connectivity index (χ0) is 13.4. The molecule has 0 spiro atoms. The smallest absolute Gasteiger partial charge is 0.242 e. The molecule has 1 heterocycles. The molecule has 1 fully saturated rings. The van der Waals surface area contributed by atoms with Crippen molar-refractivity contribution in [3.63, 3.8) is 0 Å². The molecule has 1 aliphatic heterocycles. The maximum Gasteiger partial charge on any atom is 0.242 e. The number of likely N-dealkylation sites (tertiary alicyclic amines) is 1. The van der Waals surface area contributed by atoms with Gasteiger partial charge in [0.15, 0.2) is 0 Å². The summed E-state index contributed by atoms with van der Waals surface area (Å²) in [6.07, 6.45) is 4.15. The largest absolute Gasteiger partial charge is 0.396 e. The van der Waals surface area contributed by atoms with E-state index in [0.717, 1.165) is 19.3 Å². The van der Waals surface area contributed by atoms with E-state index in [1.54, 1.807) is 9.80 Å². The number of aliphatic hydroxyl groups excluding tert-OH is 1. The van der Waals surface area contributed by atoms with Gasteiger partial charge in [-0.3, -0.25) is 9.59 Å². The van der Waals surface area contributed by atoms with Gasteiger partial charge in [-0.15, -0.1) is 0 Å². The third-order valence-electron chi connectivity index (χ3n) is 3.32. The van der Waals surface area contributed by atoms with Crippen LogP contribution in [-0.4, -0.2) is 59.5 Å².